The first kappa shape index (κ1) is 14.2. The molecule has 1 fully saturated rings. The molecule has 1 aliphatic rings. The first-order chi connectivity index (χ1) is 10.0. The summed E-state index contributed by atoms with van der Waals surface area (Å²) in [6, 6.07) is 4.15. The van der Waals surface area contributed by atoms with Gasteiger partial charge in [0.15, 0.2) is 5.69 Å². The molecule has 3 rings (SSSR count). The van der Waals surface area contributed by atoms with Gasteiger partial charge in [-0.05, 0) is 37.1 Å². The molecule has 0 aliphatic carbocycles. The number of hydrogen-bond acceptors (Lipinski definition) is 4. The Balaban J connectivity index is 1.75. The Hall–Kier alpha value is -1.73. The van der Waals surface area contributed by atoms with Gasteiger partial charge in [0.05, 0.1) is 12.2 Å². The Morgan fingerprint density at radius 2 is 2.05 bits per heavy atom. The third-order valence-corrected chi connectivity index (χ3v) is 4.82. The normalized spacial score (nSPS) is 14.8. The number of hydrogen-bond donors (Lipinski definition) is 2. The lowest BCUT2D eigenvalue weighted by molar-refractivity contribution is 0.102. The maximum atomic E-state index is 12.2. The van der Waals surface area contributed by atoms with Crippen LogP contribution in [0.2, 0.25) is 0 Å². The van der Waals surface area contributed by atoms with Crippen molar-refractivity contribution in [3.63, 3.8) is 0 Å². The van der Waals surface area contributed by atoms with Crippen LogP contribution in [0.25, 0.3) is 0 Å². The molecular formula is C14H16BrN5O. The summed E-state index contributed by atoms with van der Waals surface area (Å²) in [6.07, 6.45) is 1.69. The minimum atomic E-state index is -0.241. The van der Waals surface area contributed by atoms with Crippen LogP contribution in [-0.4, -0.2) is 34.0 Å². The summed E-state index contributed by atoms with van der Waals surface area (Å²) in [5.74, 6) is -0.241. The van der Waals surface area contributed by atoms with Crippen LogP contribution in [0, 0.1) is 13.8 Å². The lowest BCUT2D eigenvalue weighted by Crippen LogP contribution is -2.43. The van der Waals surface area contributed by atoms with Crippen molar-refractivity contribution >= 4 is 27.5 Å². The van der Waals surface area contributed by atoms with Gasteiger partial charge < -0.3 is 10.6 Å². The van der Waals surface area contributed by atoms with Gasteiger partial charge in [0.1, 0.15) is 0 Å². The van der Waals surface area contributed by atoms with Crippen LogP contribution in [0.1, 0.15) is 27.7 Å². The summed E-state index contributed by atoms with van der Waals surface area (Å²) in [5, 5.41) is 14.0. The highest BCUT2D eigenvalue weighted by atomic mass is 79.9. The van der Waals surface area contributed by atoms with Crippen molar-refractivity contribution in [1.29, 1.82) is 0 Å². The predicted molar refractivity (Wildman–Crippen MR) is 83.5 cm³/mol. The largest absolute Gasteiger partial charge is 0.321 e. The first-order valence-electron chi connectivity index (χ1n) is 6.75. The quantitative estimate of drug-likeness (QED) is 0.889. The van der Waals surface area contributed by atoms with E-state index >= 15 is 0 Å². The Morgan fingerprint density at radius 1 is 1.38 bits per heavy atom. The smallest absolute Gasteiger partial charge is 0.277 e. The monoisotopic (exact) mass is 349 g/mol. The molecule has 2 heterocycles. The second-order valence-electron chi connectivity index (χ2n) is 5.27. The van der Waals surface area contributed by atoms with E-state index in [9.17, 15) is 4.79 Å². The third kappa shape index (κ3) is 2.84. The minimum absolute atomic E-state index is 0.241. The number of rotatable bonds is 3. The van der Waals surface area contributed by atoms with Crippen molar-refractivity contribution in [2.45, 2.75) is 19.9 Å². The number of carbonyl (C=O) groups excluding carboxylic acids is 1. The van der Waals surface area contributed by atoms with Gasteiger partial charge in [-0.25, -0.2) is 4.68 Å². The molecule has 1 saturated heterocycles. The molecule has 6 nitrogen and oxygen atoms in total. The van der Waals surface area contributed by atoms with Gasteiger partial charge in [0.25, 0.3) is 5.91 Å². The fourth-order valence-electron chi connectivity index (χ4n) is 2.23. The highest BCUT2D eigenvalue weighted by Gasteiger charge is 2.21. The van der Waals surface area contributed by atoms with Crippen molar-refractivity contribution in [3.05, 3.63) is 39.6 Å². The fourth-order valence-corrected chi connectivity index (χ4v) is 2.46. The summed E-state index contributed by atoms with van der Waals surface area (Å²) >= 11 is 3.51. The predicted octanol–water partition coefficient (Wildman–Crippen LogP) is 2.05. The number of anilines is 1. The van der Waals surface area contributed by atoms with Gasteiger partial charge in [0, 0.05) is 23.2 Å². The molecule has 0 spiro atoms. The third-order valence-electron chi connectivity index (χ3n) is 3.57. The molecule has 1 aromatic carbocycles. The molecule has 0 radical (unpaired) electrons. The zero-order valence-corrected chi connectivity index (χ0v) is 13.4. The standard InChI is InChI=1S/C14H16BrN5O/c1-8-3-10(4-9(2)13(8)15)17-14(21)12-7-20(19-18-12)11-5-16-6-11/h3-4,7,11,16H,5-6H2,1-2H3,(H,17,21). The summed E-state index contributed by atoms with van der Waals surface area (Å²) in [6.45, 7) is 5.73. The fraction of sp³-hybridized carbons (Fsp3) is 0.357. The second kappa shape index (κ2) is 5.57. The van der Waals surface area contributed by atoms with E-state index in [1.165, 1.54) is 0 Å². The molecule has 1 aliphatic heterocycles. The van der Waals surface area contributed by atoms with Gasteiger partial charge >= 0.3 is 0 Å². The van der Waals surface area contributed by atoms with Crippen LogP contribution in [0.4, 0.5) is 5.69 Å². The van der Waals surface area contributed by atoms with Crippen molar-refractivity contribution in [1.82, 2.24) is 20.3 Å². The van der Waals surface area contributed by atoms with E-state index in [1.54, 1.807) is 10.9 Å². The number of aryl methyl sites for hydroxylation is 2. The number of amides is 1. The second-order valence-corrected chi connectivity index (χ2v) is 6.07. The van der Waals surface area contributed by atoms with E-state index in [2.05, 4.69) is 36.9 Å². The van der Waals surface area contributed by atoms with Gasteiger partial charge in [0.2, 0.25) is 0 Å². The molecular weight excluding hydrogens is 334 g/mol. The van der Waals surface area contributed by atoms with Crippen LogP contribution >= 0.6 is 15.9 Å². The Labute approximate surface area is 131 Å². The van der Waals surface area contributed by atoms with Crippen LogP contribution in [0.15, 0.2) is 22.8 Å². The molecule has 2 aromatic rings. The van der Waals surface area contributed by atoms with E-state index < -0.39 is 0 Å². The molecule has 0 unspecified atom stereocenters. The zero-order valence-electron chi connectivity index (χ0n) is 11.9. The first-order valence-corrected chi connectivity index (χ1v) is 7.54. The highest BCUT2D eigenvalue weighted by Crippen LogP contribution is 2.25. The van der Waals surface area contributed by atoms with Crippen molar-refractivity contribution in [3.8, 4) is 0 Å². The number of nitrogens with zero attached hydrogens (tertiary/aromatic N) is 3. The number of carbonyl (C=O) groups is 1. The van der Waals surface area contributed by atoms with E-state index in [0.29, 0.717) is 11.7 Å². The minimum Gasteiger partial charge on any atom is -0.321 e. The van der Waals surface area contributed by atoms with Crippen LogP contribution < -0.4 is 10.6 Å². The number of benzene rings is 1. The average molecular weight is 350 g/mol. The van der Waals surface area contributed by atoms with Crippen molar-refractivity contribution < 1.29 is 4.79 Å². The van der Waals surface area contributed by atoms with Crippen LogP contribution in [-0.2, 0) is 0 Å². The number of aromatic nitrogens is 3. The van der Waals surface area contributed by atoms with Crippen molar-refractivity contribution in [2.24, 2.45) is 0 Å². The molecule has 110 valence electrons. The summed E-state index contributed by atoms with van der Waals surface area (Å²) in [4.78, 5) is 12.2. The van der Waals surface area contributed by atoms with Crippen LogP contribution in [0.5, 0.6) is 0 Å². The lowest BCUT2D eigenvalue weighted by atomic mass is 10.1. The molecule has 0 atom stereocenters. The van der Waals surface area contributed by atoms with E-state index in [0.717, 1.165) is 34.4 Å². The Morgan fingerprint density at radius 3 is 2.62 bits per heavy atom. The maximum absolute atomic E-state index is 12.2. The highest BCUT2D eigenvalue weighted by molar-refractivity contribution is 9.10. The Bertz CT molecular complexity index is 669. The van der Waals surface area contributed by atoms with Gasteiger partial charge in [-0.15, -0.1) is 5.10 Å². The lowest BCUT2D eigenvalue weighted by Gasteiger charge is -2.26. The molecule has 1 amide bonds. The topological polar surface area (TPSA) is 71.8 Å². The zero-order chi connectivity index (χ0) is 15.0. The molecule has 21 heavy (non-hydrogen) atoms. The van der Waals surface area contributed by atoms with E-state index in [4.69, 9.17) is 0 Å². The van der Waals surface area contributed by atoms with Crippen LogP contribution in [0.3, 0.4) is 0 Å². The molecule has 1 aromatic heterocycles. The summed E-state index contributed by atoms with van der Waals surface area (Å²) < 4.78 is 2.80. The maximum Gasteiger partial charge on any atom is 0.277 e. The number of nitrogens with one attached hydrogen (secondary N) is 2. The number of halogens is 1. The molecule has 0 saturated carbocycles. The average Bonchev–Trinajstić information content (AvgIpc) is 2.83. The summed E-state index contributed by atoms with van der Waals surface area (Å²) in [7, 11) is 0. The van der Waals surface area contributed by atoms with Gasteiger partial charge in [-0.3, -0.25) is 4.79 Å². The summed E-state index contributed by atoms with van der Waals surface area (Å²) in [5.41, 5.74) is 3.25. The van der Waals surface area contributed by atoms with E-state index in [-0.39, 0.29) is 5.91 Å². The Kier molecular flexibility index (Phi) is 3.77. The SMILES string of the molecule is Cc1cc(NC(=O)c2cn(C3CNC3)nn2)cc(C)c1Br. The van der Waals surface area contributed by atoms with Gasteiger partial charge in [-0.1, -0.05) is 21.1 Å². The molecule has 7 heteroatoms. The van der Waals surface area contributed by atoms with Gasteiger partial charge in [-0.2, -0.15) is 0 Å². The van der Waals surface area contributed by atoms with E-state index in [1.807, 2.05) is 26.0 Å². The molecule has 0 bridgehead atoms. The molecule has 2 N–H and O–H groups in total. The van der Waals surface area contributed by atoms with Crippen molar-refractivity contribution in [2.75, 3.05) is 18.4 Å².